The third-order valence-electron chi connectivity index (χ3n) is 3.44. The molecule has 3 aromatic rings. The Morgan fingerprint density at radius 2 is 2.17 bits per heavy atom. The van der Waals surface area contributed by atoms with Crippen molar-refractivity contribution in [2.45, 2.75) is 19.9 Å². The first kappa shape index (κ1) is 16.2. The van der Waals surface area contributed by atoms with Gasteiger partial charge in [-0.1, -0.05) is 0 Å². The number of benzene rings is 1. The van der Waals surface area contributed by atoms with Crippen molar-refractivity contribution in [2.24, 2.45) is 0 Å². The number of hydrogen-bond donors (Lipinski definition) is 1. The Bertz CT molecular complexity index is 897. The second-order valence-corrected chi connectivity index (χ2v) is 6.18. The van der Waals surface area contributed by atoms with Crippen molar-refractivity contribution in [3.8, 4) is 5.75 Å². The molecule has 3 rings (SSSR count). The van der Waals surface area contributed by atoms with E-state index in [1.54, 1.807) is 31.4 Å². The number of ether oxygens (including phenoxy) is 1. The van der Waals surface area contributed by atoms with Crippen LogP contribution in [0.5, 0.6) is 5.75 Å². The van der Waals surface area contributed by atoms with Crippen molar-refractivity contribution in [2.75, 3.05) is 7.11 Å². The molecule has 2 heterocycles. The SMILES string of the molecule is COc1ccc2oc(CNC(=O)Cc3csc(C(C)=O)c3)nc2c1. The third-order valence-corrected chi connectivity index (χ3v) is 4.52. The lowest BCUT2D eigenvalue weighted by atomic mass is 10.2. The number of Topliss-reactive ketones (excluding diaryl/α,β-unsaturated/α-hetero) is 1. The van der Waals surface area contributed by atoms with Crippen LogP contribution in [0.3, 0.4) is 0 Å². The van der Waals surface area contributed by atoms with Crippen molar-refractivity contribution in [3.63, 3.8) is 0 Å². The Balaban J connectivity index is 1.60. The summed E-state index contributed by atoms with van der Waals surface area (Å²) in [6.45, 7) is 1.72. The van der Waals surface area contributed by atoms with Crippen LogP contribution in [0, 0.1) is 0 Å². The molecule has 0 saturated carbocycles. The first-order chi connectivity index (χ1) is 11.5. The monoisotopic (exact) mass is 344 g/mol. The van der Waals surface area contributed by atoms with E-state index in [0.29, 0.717) is 27.6 Å². The predicted octanol–water partition coefficient (Wildman–Crippen LogP) is 2.96. The van der Waals surface area contributed by atoms with Crippen LogP contribution < -0.4 is 10.1 Å². The van der Waals surface area contributed by atoms with Crippen molar-refractivity contribution < 1.29 is 18.7 Å². The van der Waals surface area contributed by atoms with Gasteiger partial charge in [-0.3, -0.25) is 9.59 Å². The van der Waals surface area contributed by atoms with E-state index in [9.17, 15) is 9.59 Å². The maximum Gasteiger partial charge on any atom is 0.224 e. The summed E-state index contributed by atoms with van der Waals surface area (Å²) in [5.74, 6) is 0.989. The van der Waals surface area contributed by atoms with Crippen LogP contribution in [0.2, 0.25) is 0 Å². The normalized spacial score (nSPS) is 10.8. The van der Waals surface area contributed by atoms with Crippen LogP contribution in [0.1, 0.15) is 28.0 Å². The summed E-state index contributed by atoms with van der Waals surface area (Å²) < 4.78 is 10.7. The minimum atomic E-state index is -0.150. The summed E-state index contributed by atoms with van der Waals surface area (Å²) in [7, 11) is 1.59. The summed E-state index contributed by atoms with van der Waals surface area (Å²) in [5.41, 5.74) is 2.15. The maximum atomic E-state index is 12.0. The number of carbonyl (C=O) groups is 2. The van der Waals surface area contributed by atoms with Crippen LogP contribution in [0.25, 0.3) is 11.1 Å². The van der Waals surface area contributed by atoms with E-state index in [0.717, 1.165) is 5.56 Å². The molecule has 1 aromatic carbocycles. The summed E-state index contributed by atoms with van der Waals surface area (Å²) >= 11 is 1.35. The van der Waals surface area contributed by atoms with Gasteiger partial charge in [0.2, 0.25) is 11.8 Å². The minimum absolute atomic E-state index is 0.00793. The lowest BCUT2D eigenvalue weighted by Crippen LogP contribution is -2.24. The van der Waals surface area contributed by atoms with Gasteiger partial charge in [0.1, 0.15) is 11.3 Å². The van der Waals surface area contributed by atoms with Gasteiger partial charge in [-0.15, -0.1) is 11.3 Å². The average molecular weight is 344 g/mol. The fraction of sp³-hybridized carbons (Fsp3) is 0.235. The number of methoxy groups -OCH3 is 1. The lowest BCUT2D eigenvalue weighted by Gasteiger charge is -2.00. The molecule has 0 aliphatic rings. The summed E-state index contributed by atoms with van der Waals surface area (Å²) in [5, 5.41) is 4.59. The van der Waals surface area contributed by atoms with Crippen molar-refractivity contribution >= 4 is 34.1 Å². The van der Waals surface area contributed by atoms with Gasteiger partial charge in [0.05, 0.1) is 25.0 Å². The Morgan fingerprint density at radius 1 is 1.33 bits per heavy atom. The van der Waals surface area contributed by atoms with Crippen molar-refractivity contribution in [3.05, 3.63) is 46.0 Å². The molecule has 6 nitrogen and oxygen atoms in total. The number of fused-ring (bicyclic) bond motifs is 1. The van der Waals surface area contributed by atoms with E-state index >= 15 is 0 Å². The highest BCUT2D eigenvalue weighted by molar-refractivity contribution is 7.12. The van der Waals surface area contributed by atoms with Gasteiger partial charge in [0.25, 0.3) is 0 Å². The molecular formula is C17H16N2O4S. The zero-order valence-electron chi connectivity index (χ0n) is 13.3. The maximum absolute atomic E-state index is 12.0. The second-order valence-electron chi connectivity index (χ2n) is 5.27. The van der Waals surface area contributed by atoms with E-state index in [-0.39, 0.29) is 24.7 Å². The van der Waals surface area contributed by atoms with Crippen LogP contribution in [-0.4, -0.2) is 23.8 Å². The molecule has 0 bridgehead atoms. The molecule has 1 N–H and O–H groups in total. The number of oxazole rings is 1. The number of carbonyl (C=O) groups excluding carboxylic acids is 2. The number of ketones is 1. The zero-order valence-corrected chi connectivity index (χ0v) is 14.1. The highest BCUT2D eigenvalue weighted by atomic mass is 32.1. The van der Waals surface area contributed by atoms with E-state index in [4.69, 9.17) is 9.15 Å². The van der Waals surface area contributed by atoms with Gasteiger partial charge in [0.15, 0.2) is 11.4 Å². The number of nitrogens with one attached hydrogen (secondary N) is 1. The Morgan fingerprint density at radius 3 is 2.88 bits per heavy atom. The number of rotatable bonds is 6. The molecule has 1 amide bonds. The fourth-order valence-corrected chi connectivity index (χ4v) is 3.05. The second kappa shape index (κ2) is 6.84. The quantitative estimate of drug-likeness (QED) is 0.695. The molecule has 0 unspecified atom stereocenters. The molecule has 0 radical (unpaired) electrons. The van der Waals surface area contributed by atoms with Gasteiger partial charge in [-0.05, 0) is 36.1 Å². The van der Waals surface area contributed by atoms with Crippen LogP contribution in [-0.2, 0) is 17.8 Å². The fourth-order valence-electron chi connectivity index (χ4n) is 2.23. The van der Waals surface area contributed by atoms with E-state index in [2.05, 4.69) is 10.3 Å². The number of thiophene rings is 1. The Hall–Kier alpha value is -2.67. The molecule has 2 aromatic heterocycles. The summed E-state index contributed by atoms with van der Waals surface area (Å²) in [6, 6.07) is 7.09. The van der Waals surface area contributed by atoms with Crippen LogP contribution >= 0.6 is 11.3 Å². The van der Waals surface area contributed by atoms with E-state index < -0.39 is 0 Å². The van der Waals surface area contributed by atoms with E-state index in [1.165, 1.54) is 18.3 Å². The van der Waals surface area contributed by atoms with Crippen LogP contribution in [0.15, 0.2) is 34.1 Å². The van der Waals surface area contributed by atoms with Gasteiger partial charge in [-0.25, -0.2) is 4.98 Å². The van der Waals surface area contributed by atoms with Gasteiger partial charge >= 0.3 is 0 Å². The topological polar surface area (TPSA) is 81.4 Å². The molecule has 7 heteroatoms. The predicted molar refractivity (Wildman–Crippen MR) is 90.4 cm³/mol. The lowest BCUT2D eigenvalue weighted by molar-refractivity contribution is -0.120. The van der Waals surface area contributed by atoms with Crippen molar-refractivity contribution in [1.82, 2.24) is 10.3 Å². The zero-order chi connectivity index (χ0) is 17.1. The molecule has 124 valence electrons. The Labute approximate surface area is 142 Å². The number of amides is 1. The molecule has 0 saturated heterocycles. The molecule has 0 atom stereocenters. The van der Waals surface area contributed by atoms with Gasteiger partial charge in [-0.2, -0.15) is 0 Å². The molecule has 0 fully saturated rings. The minimum Gasteiger partial charge on any atom is -0.497 e. The number of hydrogen-bond acceptors (Lipinski definition) is 6. The Kier molecular flexibility index (Phi) is 4.61. The summed E-state index contributed by atoms with van der Waals surface area (Å²) in [6.07, 6.45) is 0.220. The number of nitrogens with zero attached hydrogens (tertiary/aromatic N) is 1. The molecule has 0 aliphatic carbocycles. The largest absolute Gasteiger partial charge is 0.497 e. The number of aromatic nitrogens is 1. The molecule has 0 spiro atoms. The standard InChI is InChI=1S/C17H16N2O4S/c1-10(20)15-5-11(9-24-15)6-16(21)18-8-17-19-13-7-12(22-2)3-4-14(13)23-17/h3-5,7,9H,6,8H2,1-2H3,(H,18,21). The molecule has 0 aliphatic heterocycles. The highest BCUT2D eigenvalue weighted by Crippen LogP contribution is 2.21. The summed E-state index contributed by atoms with van der Waals surface area (Å²) in [4.78, 5) is 28.2. The van der Waals surface area contributed by atoms with Gasteiger partial charge in [0, 0.05) is 6.07 Å². The first-order valence-electron chi connectivity index (χ1n) is 7.33. The molecular weight excluding hydrogens is 328 g/mol. The van der Waals surface area contributed by atoms with E-state index in [1.807, 2.05) is 5.38 Å². The average Bonchev–Trinajstić information content (AvgIpc) is 3.18. The molecule has 24 heavy (non-hydrogen) atoms. The highest BCUT2D eigenvalue weighted by Gasteiger charge is 2.11. The van der Waals surface area contributed by atoms with Gasteiger partial charge < -0.3 is 14.5 Å². The van der Waals surface area contributed by atoms with Crippen molar-refractivity contribution in [1.29, 1.82) is 0 Å². The smallest absolute Gasteiger partial charge is 0.224 e. The third kappa shape index (κ3) is 3.62. The first-order valence-corrected chi connectivity index (χ1v) is 8.21. The van der Waals surface area contributed by atoms with Crippen LogP contribution in [0.4, 0.5) is 0 Å².